The Bertz CT molecular complexity index is 1310. The highest BCUT2D eigenvalue weighted by Gasteiger charge is 2.37. The van der Waals surface area contributed by atoms with Gasteiger partial charge in [0.15, 0.2) is 23.3 Å². The lowest BCUT2D eigenvalue weighted by Gasteiger charge is -2.33. The van der Waals surface area contributed by atoms with Crippen LogP contribution in [0.1, 0.15) is 46.5 Å². The molecule has 0 spiro atoms. The number of carbonyl (C=O) groups is 3. The Labute approximate surface area is 259 Å². The number of morpholine rings is 1. The maximum Gasteiger partial charge on any atom is 0.257 e. The van der Waals surface area contributed by atoms with E-state index in [9.17, 15) is 28.3 Å². The number of nitrogens with zero attached hydrogens (tertiary/aromatic N) is 3. The van der Waals surface area contributed by atoms with Crippen molar-refractivity contribution in [3.8, 4) is 17.0 Å². The van der Waals surface area contributed by atoms with Crippen molar-refractivity contribution in [3.05, 3.63) is 29.1 Å². The summed E-state index contributed by atoms with van der Waals surface area (Å²) in [5, 5.41) is 17.7. The molecule has 2 aliphatic heterocycles. The molecule has 44 heavy (non-hydrogen) atoms. The summed E-state index contributed by atoms with van der Waals surface area (Å²) in [5.41, 5.74) is 0.142. The van der Waals surface area contributed by atoms with Crippen LogP contribution in [0, 0.1) is 17.0 Å². The number of aliphatic hydroxyl groups is 1. The highest BCUT2D eigenvalue weighted by Crippen LogP contribution is 2.36. The first kappa shape index (κ1) is 33.5. The molecule has 0 radical (unpaired) electrons. The van der Waals surface area contributed by atoms with Crippen molar-refractivity contribution in [1.29, 1.82) is 0 Å². The van der Waals surface area contributed by atoms with Gasteiger partial charge in [0.25, 0.3) is 5.91 Å². The van der Waals surface area contributed by atoms with Crippen molar-refractivity contribution in [2.24, 2.45) is 5.41 Å². The van der Waals surface area contributed by atoms with Gasteiger partial charge in [-0.1, -0.05) is 20.8 Å². The number of hydrogen-bond acceptors (Lipinski definition) is 9. The third kappa shape index (κ3) is 8.85. The molecule has 11 nitrogen and oxygen atoms in total. The third-order valence-electron chi connectivity index (χ3n) is 7.49. The van der Waals surface area contributed by atoms with Gasteiger partial charge in [0, 0.05) is 50.1 Å². The standard InChI is InChI=1S/C30H41F2N5O6S/c1-30(2,3)27(28(41)37-11-9-19(38)16-37)35-23(39)6-4-5-10-33-24(40)17-43-26-20(7-8-21(31)25(26)32)22-18-44-29(34-22)36-12-14-42-15-13-36/h7-8,18-19,27,38H,4-6,9-17H2,1-3H3,(H,33,40)(H,35,39)/t19-,27-/m1/s1. The van der Waals surface area contributed by atoms with Gasteiger partial charge < -0.3 is 35.0 Å². The maximum absolute atomic E-state index is 14.8. The number of unbranched alkanes of at least 4 members (excludes halogenated alkanes) is 1. The Balaban J connectivity index is 1.22. The van der Waals surface area contributed by atoms with Crippen LogP contribution in [0.15, 0.2) is 17.5 Å². The molecule has 2 atom stereocenters. The number of amides is 3. The number of aliphatic hydroxyl groups excluding tert-OH is 1. The molecule has 242 valence electrons. The summed E-state index contributed by atoms with van der Waals surface area (Å²) >= 11 is 1.37. The molecular formula is C30H41F2N5O6S. The topological polar surface area (TPSA) is 133 Å². The SMILES string of the molecule is CC(C)(C)[C@H](NC(=O)CCCCNC(=O)COc1c(-c2csc(N3CCOCC3)n2)ccc(F)c1F)C(=O)N1CC[C@@H](O)C1. The van der Waals surface area contributed by atoms with Crippen molar-refractivity contribution < 1.29 is 37.7 Å². The first-order valence-corrected chi connectivity index (χ1v) is 15.7. The van der Waals surface area contributed by atoms with E-state index in [1.165, 1.54) is 17.4 Å². The van der Waals surface area contributed by atoms with Crippen LogP contribution in [0.4, 0.5) is 13.9 Å². The fraction of sp³-hybridized carbons (Fsp3) is 0.600. The van der Waals surface area contributed by atoms with Crippen molar-refractivity contribution in [2.45, 2.75) is 58.6 Å². The van der Waals surface area contributed by atoms with Gasteiger partial charge in [-0.05, 0) is 36.8 Å². The summed E-state index contributed by atoms with van der Waals surface area (Å²) < 4.78 is 39.6. The number of likely N-dealkylation sites (tertiary alicyclic amines) is 1. The van der Waals surface area contributed by atoms with E-state index in [0.29, 0.717) is 57.8 Å². The second kappa shape index (κ2) is 15.1. The predicted octanol–water partition coefficient (Wildman–Crippen LogP) is 2.71. The van der Waals surface area contributed by atoms with Crippen LogP contribution >= 0.6 is 11.3 Å². The molecular weight excluding hydrogens is 596 g/mol. The van der Waals surface area contributed by atoms with Crippen LogP contribution < -0.4 is 20.3 Å². The molecule has 0 bridgehead atoms. The number of hydrogen-bond donors (Lipinski definition) is 3. The van der Waals surface area contributed by atoms with Gasteiger partial charge >= 0.3 is 0 Å². The molecule has 1 aromatic carbocycles. The smallest absolute Gasteiger partial charge is 0.257 e. The zero-order valence-electron chi connectivity index (χ0n) is 25.4. The first-order valence-electron chi connectivity index (χ1n) is 14.9. The summed E-state index contributed by atoms with van der Waals surface area (Å²) in [7, 11) is 0. The summed E-state index contributed by atoms with van der Waals surface area (Å²) in [4.78, 5) is 46.2. The quantitative estimate of drug-likeness (QED) is 0.303. The average molecular weight is 638 g/mol. The summed E-state index contributed by atoms with van der Waals surface area (Å²) in [6, 6.07) is 1.65. The van der Waals surface area contributed by atoms with Crippen LogP contribution in [0.3, 0.4) is 0 Å². The zero-order chi connectivity index (χ0) is 31.9. The van der Waals surface area contributed by atoms with E-state index in [1.807, 2.05) is 20.8 Å². The van der Waals surface area contributed by atoms with Crippen molar-refractivity contribution in [2.75, 3.05) is 57.4 Å². The second-order valence-electron chi connectivity index (χ2n) is 12.0. The minimum atomic E-state index is -1.20. The van der Waals surface area contributed by atoms with E-state index in [2.05, 4.69) is 20.5 Å². The van der Waals surface area contributed by atoms with Crippen LogP contribution in [0.2, 0.25) is 0 Å². The summed E-state index contributed by atoms with van der Waals surface area (Å²) in [5.74, 6) is -3.69. The Morgan fingerprint density at radius 3 is 2.59 bits per heavy atom. The lowest BCUT2D eigenvalue weighted by atomic mass is 9.85. The molecule has 0 unspecified atom stereocenters. The average Bonchev–Trinajstić information content (AvgIpc) is 3.66. The maximum atomic E-state index is 14.8. The fourth-order valence-electron chi connectivity index (χ4n) is 5.00. The molecule has 4 rings (SSSR count). The first-order chi connectivity index (χ1) is 20.9. The number of β-amino-alcohol motifs (C(OH)–C–C–N with tert-alkyl or cyclic N) is 1. The Hall–Kier alpha value is -3.36. The molecule has 3 N–H and O–H groups in total. The number of rotatable bonds is 12. The fourth-order valence-corrected chi connectivity index (χ4v) is 5.88. The Morgan fingerprint density at radius 1 is 1.16 bits per heavy atom. The van der Waals surface area contributed by atoms with E-state index in [0.717, 1.165) is 11.2 Å². The van der Waals surface area contributed by atoms with E-state index in [1.54, 1.807) is 10.3 Å². The van der Waals surface area contributed by atoms with Crippen LogP contribution in [-0.4, -0.2) is 97.4 Å². The number of benzene rings is 1. The third-order valence-corrected chi connectivity index (χ3v) is 8.39. The molecule has 3 heterocycles. The number of halogens is 2. The highest BCUT2D eigenvalue weighted by atomic mass is 32.1. The minimum absolute atomic E-state index is 0.160. The molecule has 2 saturated heterocycles. The van der Waals surface area contributed by atoms with E-state index in [-0.39, 0.29) is 42.6 Å². The lowest BCUT2D eigenvalue weighted by Crippen LogP contribution is -2.54. The number of aromatic nitrogens is 1. The number of anilines is 1. The van der Waals surface area contributed by atoms with E-state index >= 15 is 0 Å². The van der Waals surface area contributed by atoms with Gasteiger partial charge in [0.05, 0.1) is 25.0 Å². The summed E-state index contributed by atoms with van der Waals surface area (Å²) in [6.07, 6.45) is 1.07. The molecule has 0 aliphatic carbocycles. The van der Waals surface area contributed by atoms with Gasteiger partial charge in [0.1, 0.15) is 6.04 Å². The van der Waals surface area contributed by atoms with Crippen LogP contribution in [0.5, 0.6) is 5.75 Å². The van der Waals surface area contributed by atoms with Crippen molar-refractivity contribution in [1.82, 2.24) is 20.5 Å². The predicted molar refractivity (Wildman–Crippen MR) is 161 cm³/mol. The van der Waals surface area contributed by atoms with Crippen molar-refractivity contribution in [3.63, 3.8) is 0 Å². The molecule has 3 amide bonds. The monoisotopic (exact) mass is 637 g/mol. The normalized spacial score (nSPS) is 17.8. The largest absolute Gasteiger partial charge is 0.480 e. The number of thiazole rings is 1. The van der Waals surface area contributed by atoms with Crippen LogP contribution in [-0.2, 0) is 19.1 Å². The van der Waals surface area contributed by atoms with E-state index in [4.69, 9.17) is 9.47 Å². The van der Waals surface area contributed by atoms with E-state index < -0.39 is 41.7 Å². The number of nitrogens with one attached hydrogen (secondary N) is 2. The minimum Gasteiger partial charge on any atom is -0.480 e. The zero-order valence-corrected chi connectivity index (χ0v) is 26.2. The van der Waals surface area contributed by atoms with Gasteiger partial charge in [-0.2, -0.15) is 4.39 Å². The second-order valence-corrected chi connectivity index (χ2v) is 12.9. The van der Waals surface area contributed by atoms with Crippen molar-refractivity contribution >= 4 is 34.2 Å². The Morgan fingerprint density at radius 2 is 1.91 bits per heavy atom. The Kier molecular flexibility index (Phi) is 11.5. The van der Waals surface area contributed by atoms with Gasteiger partial charge in [-0.15, -0.1) is 11.3 Å². The van der Waals surface area contributed by atoms with Gasteiger partial charge in [-0.25, -0.2) is 9.37 Å². The molecule has 1 aromatic heterocycles. The number of ether oxygens (including phenoxy) is 2. The molecule has 0 saturated carbocycles. The molecule has 2 fully saturated rings. The van der Waals surface area contributed by atoms with Gasteiger partial charge in [0.2, 0.25) is 17.6 Å². The van der Waals surface area contributed by atoms with Gasteiger partial charge in [-0.3, -0.25) is 14.4 Å². The summed E-state index contributed by atoms with van der Waals surface area (Å²) in [6.45, 7) is 8.58. The van der Waals surface area contributed by atoms with Crippen LogP contribution in [0.25, 0.3) is 11.3 Å². The number of carbonyl (C=O) groups excluding carboxylic acids is 3. The molecule has 2 aromatic rings. The molecule has 2 aliphatic rings. The highest BCUT2D eigenvalue weighted by molar-refractivity contribution is 7.14. The molecule has 14 heteroatoms. The lowest BCUT2D eigenvalue weighted by molar-refractivity contribution is -0.138.